The van der Waals surface area contributed by atoms with E-state index in [1.54, 1.807) is 0 Å². The molecule has 0 aliphatic carbocycles. The van der Waals surface area contributed by atoms with E-state index >= 15 is 0 Å². The van der Waals surface area contributed by atoms with Crippen LogP contribution in [0.5, 0.6) is 11.5 Å². The van der Waals surface area contributed by atoms with Gasteiger partial charge in [-0.1, -0.05) is 52.0 Å². The predicted molar refractivity (Wildman–Crippen MR) is 130 cm³/mol. The van der Waals surface area contributed by atoms with Gasteiger partial charge in [0.25, 0.3) is 0 Å². The van der Waals surface area contributed by atoms with Crippen LogP contribution < -0.4 is 9.47 Å². The molecule has 2 unspecified atom stereocenters. The van der Waals surface area contributed by atoms with Crippen LogP contribution in [0.1, 0.15) is 89.2 Å². The lowest BCUT2D eigenvalue weighted by Crippen LogP contribution is -2.24. The van der Waals surface area contributed by atoms with Gasteiger partial charge in [-0.15, -0.1) is 0 Å². The van der Waals surface area contributed by atoms with E-state index in [0.29, 0.717) is 11.8 Å². The van der Waals surface area contributed by atoms with Crippen molar-refractivity contribution in [3.8, 4) is 11.5 Å². The molecule has 4 rings (SSSR count). The van der Waals surface area contributed by atoms with Gasteiger partial charge in [-0.05, 0) is 72.9 Å². The number of hydrogen-bond acceptors (Lipinski definition) is 4. The molecule has 0 bridgehead atoms. The smallest absolute Gasteiger partial charge is 0.199 e. The monoisotopic (exact) mass is 440 g/mol. The van der Waals surface area contributed by atoms with Crippen molar-refractivity contribution in [2.45, 2.75) is 90.6 Å². The van der Waals surface area contributed by atoms with Crippen LogP contribution in [-0.4, -0.2) is 25.8 Å². The van der Waals surface area contributed by atoms with Gasteiger partial charge >= 0.3 is 0 Å². The van der Waals surface area contributed by atoms with Crippen molar-refractivity contribution in [2.24, 2.45) is 0 Å². The molecule has 0 radical (unpaired) electrons. The molecule has 0 N–H and O–H groups in total. The molecule has 2 saturated heterocycles. The summed E-state index contributed by atoms with van der Waals surface area (Å²) in [5.41, 5.74) is 2.69. The minimum atomic E-state index is -0.0429. The van der Waals surface area contributed by atoms with E-state index < -0.39 is 0 Å². The molecule has 2 aliphatic heterocycles. The fraction of sp³-hybridized carbons (Fsp3) is 0.571. The summed E-state index contributed by atoms with van der Waals surface area (Å²) in [5.74, 6) is 2.97. The molecule has 32 heavy (non-hydrogen) atoms. The van der Waals surface area contributed by atoms with Crippen molar-refractivity contribution in [3.05, 3.63) is 59.7 Å². The second-order valence-electron chi connectivity index (χ2n) is 9.28. The minimum absolute atomic E-state index is 0.0429. The zero-order valence-electron chi connectivity index (χ0n) is 20.2. The Bertz CT molecular complexity index is 688. The Morgan fingerprint density at radius 1 is 0.594 bits per heavy atom. The first-order chi connectivity index (χ1) is 15.5. The summed E-state index contributed by atoms with van der Waals surface area (Å²) in [5, 5.41) is 0. The maximum absolute atomic E-state index is 5.77. The van der Waals surface area contributed by atoms with Gasteiger partial charge in [0.2, 0.25) is 0 Å². The van der Waals surface area contributed by atoms with E-state index in [2.05, 4.69) is 52.0 Å². The summed E-state index contributed by atoms with van der Waals surface area (Å²) in [4.78, 5) is 0. The van der Waals surface area contributed by atoms with E-state index in [9.17, 15) is 0 Å². The Kier molecular flexibility index (Phi) is 9.89. The summed E-state index contributed by atoms with van der Waals surface area (Å²) in [6.07, 6.45) is 6.65. The topological polar surface area (TPSA) is 36.9 Å². The zero-order chi connectivity index (χ0) is 22.8. The first-order valence-electron chi connectivity index (χ1n) is 12.3. The lowest BCUT2D eigenvalue weighted by atomic mass is 10.0. The van der Waals surface area contributed by atoms with Crippen LogP contribution in [0.15, 0.2) is 48.5 Å². The van der Waals surface area contributed by atoms with Crippen LogP contribution in [0.3, 0.4) is 0 Å². The normalized spacial score (nSPS) is 21.1. The maximum Gasteiger partial charge on any atom is 0.199 e. The summed E-state index contributed by atoms with van der Waals surface area (Å²) < 4.78 is 22.6. The highest BCUT2D eigenvalue weighted by atomic mass is 16.7. The van der Waals surface area contributed by atoms with E-state index in [-0.39, 0.29) is 12.6 Å². The van der Waals surface area contributed by atoms with Crippen molar-refractivity contribution < 1.29 is 18.9 Å². The summed E-state index contributed by atoms with van der Waals surface area (Å²) >= 11 is 0. The fourth-order valence-electron chi connectivity index (χ4n) is 3.77. The Balaban J connectivity index is 0.000000181. The molecule has 0 amide bonds. The van der Waals surface area contributed by atoms with Gasteiger partial charge in [-0.2, -0.15) is 0 Å². The van der Waals surface area contributed by atoms with Crippen LogP contribution in [0, 0.1) is 0 Å². The molecule has 2 atom stereocenters. The van der Waals surface area contributed by atoms with Crippen LogP contribution in [-0.2, 0) is 9.47 Å². The lowest BCUT2D eigenvalue weighted by molar-refractivity contribution is -0.106. The van der Waals surface area contributed by atoms with Crippen molar-refractivity contribution in [1.29, 1.82) is 0 Å². The first kappa shape index (κ1) is 24.6. The lowest BCUT2D eigenvalue weighted by Gasteiger charge is -2.23. The van der Waals surface area contributed by atoms with Gasteiger partial charge in [0, 0.05) is 12.8 Å². The Hall–Kier alpha value is -2.04. The molecule has 2 heterocycles. The summed E-state index contributed by atoms with van der Waals surface area (Å²) in [6, 6.07) is 16.7. The molecule has 4 nitrogen and oxygen atoms in total. The maximum atomic E-state index is 5.77. The molecule has 2 aliphatic rings. The standard InChI is InChI=1S/2C14H20O2/c2*1-11(2)12-6-8-13(9-7-12)16-14-5-3-4-10-15-14/h2*6-9,11,14H,3-5,10H2,1-2H3. The third-order valence-corrected chi connectivity index (χ3v) is 5.90. The van der Waals surface area contributed by atoms with Gasteiger partial charge in [-0.25, -0.2) is 0 Å². The van der Waals surface area contributed by atoms with Gasteiger partial charge in [0.05, 0.1) is 13.2 Å². The Morgan fingerprint density at radius 3 is 1.25 bits per heavy atom. The van der Waals surface area contributed by atoms with Gasteiger partial charge in [0.15, 0.2) is 12.6 Å². The summed E-state index contributed by atoms with van der Waals surface area (Å²) in [7, 11) is 0. The zero-order valence-corrected chi connectivity index (χ0v) is 20.2. The molecule has 4 heteroatoms. The number of hydrogen-bond donors (Lipinski definition) is 0. The highest BCUT2D eigenvalue weighted by Gasteiger charge is 2.16. The predicted octanol–water partition coefficient (Wildman–Crippen LogP) is 7.43. The van der Waals surface area contributed by atoms with Crippen LogP contribution in [0.4, 0.5) is 0 Å². The minimum Gasteiger partial charge on any atom is -0.465 e. The third-order valence-electron chi connectivity index (χ3n) is 5.90. The van der Waals surface area contributed by atoms with Crippen LogP contribution in [0.25, 0.3) is 0 Å². The van der Waals surface area contributed by atoms with Crippen molar-refractivity contribution in [3.63, 3.8) is 0 Å². The average molecular weight is 441 g/mol. The Labute approximate surface area is 194 Å². The molecule has 0 aromatic heterocycles. The third kappa shape index (κ3) is 8.14. The second kappa shape index (κ2) is 12.9. The molecule has 176 valence electrons. The van der Waals surface area contributed by atoms with Crippen molar-refractivity contribution in [2.75, 3.05) is 13.2 Å². The van der Waals surface area contributed by atoms with Crippen LogP contribution in [0.2, 0.25) is 0 Å². The Morgan fingerprint density at radius 2 is 0.969 bits per heavy atom. The van der Waals surface area contributed by atoms with E-state index in [4.69, 9.17) is 18.9 Å². The molecular weight excluding hydrogens is 400 g/mol. The molecule has 2 aromatic rings. The number of ether oxygens (including phenoxy) is 4. The molecule has 2 fully saturated rings. The highest BCUT2D eigenvalue weighted by molar-refractivity contribution is 5.29. The first-order valence-corrected chi connectivity index (χ1v) is 12.3. The van der Waals surface area contributed by atoms with E-state index in [1.165, 1.54) is 24.0 Å². The highest BCUT2D eigenvalue weighted by Crippen LogP contribution is 2.23. The number of benzene rings is 2. The molecular formula is C28H40O4. The fourth-order valence-corrected chi connectivity index (χ4v) is 3.77. The quantitative estimate of drug-likeness (QED) is 0.468. The molecule has 2 aromatic carbocycles. The largest absolute Gasteiger partial charge is 0.465 e. The average Bonchev–Trinajstić information content (AvgIpc) is 2.82. The second-order valence-corrected chi connectivity index (χ2v) is 9.28. The number of rotatable bonds is 6. The van der Waals surface area contributed by atoms with Gasteiger partial charge in [0.1, 0.15) is 11.5 Å². The molecule has 0 saturated carbocycles. The van der Waals surface area contributed by atoms with Crippen molar-refractivity contribution >= 4 is 0 Å². The van der Waals surface area contributed by atoms with E-state index in [0.717, 1.165) is 50.4 Å². The van der Waals surface area contributed by atoms with Gasteiger partial charge in [-0.3, -0.25) is 0 Å². The van der Waals surface area contributed by atoms with Gasteiger partial charge < -0.3 is 18.9 Å². The van der Waals surface area contributed by atoms with E-state index in [1.807, 2.05) is 24.3 Å². The van der Waals surface area contributed by atoms with Crippen LogP contribution >= 0.6 is 0 Å². The SMILES string of the molecule is CC(C)c1ccc(OC2CCCCO2)cc1.CC(C)c1ccc(OC2CCCCO2)cc1. The van der Waals surface area contributed by atoms with Crippen molar-refractivity contribution in [1.82, 2.24) is 0 Å². The molecule has 0 spiro atoms. The summed E-state index contributed by atoms with van der Waals surface area (Å²) in [6.45, 7) is 10.4.